The van der Waals surface area contributed by atoms with Crippen molar-refractivity contribution in [1.29, 1.82) is 0 Å². The van der Waals surface area contributed by atoms with Crippen molar-refractivity contribution in [3.63, 3.8) is 0 Å². The molecule has 1 aromatic heterocycles. The van der Waals surface area contributed by atoms with Gasteiger partial charge in [-0.25, -0.2) is 0 Å². The van der Waals surface area contributed by atoms with Gasteiger partial charge >= 0.3 is 6.01 Å². The van der Waals surface area contributed by atoms with Crippen molar-refractivity contribution in [3.05, 3.63) is 58.6 Å². The maximum Gasteiger partial charge on any atom is 0.345 e. The van der Waals surface area contributed by atoms with Crippen LogP contribution in [0.15, 0.2) is 53.0 Å². The highest BCUT2D eigenvalue weighted by Gasteiger charge is 2.12. The number of nitrogens with zero attached hydrogens (tertiary/aromatic N) is 4. The van der Waals surface area contributed by atoms with E-state index in [1.54, 1.807) is 0 Å². The zero-order valence-corrected chi connectivity index (χ0v) is 12.6. The highest BCUT2D eigenvalue weighted by atomic mass is 79.9. The normalized spacial score (nSPS) is 10.6. The van der Waals surface area contributed by atoms with E-state index in [2.05, 4.69) is 31.5 Å². The van der Waals surface area contributed by atoms with Crippen molar-refractivity contribution in [2.45, 2.75) is 6.54 Å². The molecule has 0 aliphatic heterocycles. The molecule has 3 rings (SSSR count). The summed E-state index contributed by atoms with van der Waals surface area (Å²) in [5.74, 6) is 0.632. The predicted octanol–water partition coefficient (Wildman–Crippen LogP) is 2.68. The number of benzene rings is 2. The number of rotatable bonds is 4. The van der Waals surface area contributed by atoms with Gasteiger partial charge in [-0.1, -0.05) is 39.2 Å². The molecule has 0 aliphatic carbocycles. The minimum Gasteiger partial charge on any atom is -0.423 e. The summed E-state index contributed by atoms with van der Waals surface area (Å²) in [5.41, 5.74) is 7.43. The summed E-state index contributed by atoms with van der Waals surface area (Å²) in [6.07, 6.45) is 0. The highest BCUT2D eigenvalue weighted by Crippen LogP contribution is 2.27. The van der Waals surface area contributed by atoms with Crippen LogP contribution >= 0.6 is 15.9 Å². The molecule has 7 heteroatoms. The maximum absolute atomic E-state index is 5.81. The Balaban J connectivity index is 1.95. The zero-order chi connectivity index (χ0) is 14.7. The minimum absolute atomic E-state index is 0.290. The molecule has 6 nitrogen and oxygen atoms in total. The van der Waals surface area contributed by atoms with Gasteiger partial charge in [0.15, 0.2) is 0 Å². The van der Waals surface area contributed by atoms with Gasteiger partial charge in [-0.3, -0.25) is 0 Å². The Morgan fingerprint density at radius 2 is 1.95 bits per heavy atom. The fraction of sp³-hybridized carbons (Fsp3) is 0.0714. The van der Waals surface area contributed by atoms with E-state index in [0.29, 0.717) is 18.3 Å². The zero-order valence-electron chi connectivity index (χ0n) is 11.0. The molecule has 2 N–H and O–H groups in total. The van der Waals surface area contributed by atoms with Gasteiger partial charge in [-0.15, -0.1) is 0 Å². The minimum atomic E-state index is 0.290. The lowest BCUT2D eigenvalue weighted by molar-refractivity contribution is 0.422. The molecule has 106 valence electrons. The standard InChI is InChI=1S/C14H12BrN5O/c15-11-6-7-13(10(8-11)9-16)21-14-17-18-19-20(14)12-4-2-1-3-5-12/h1-8H,9,16H2. The molecule has 0 atom stereocenters. The smallest absolute Gasteiger partial charge is 0.345 e. The first kappa shape index (κ1) is 13.7. The molecule has 0 unspecified atom stereocenters. The summed E-state index contributed by atoms with van der Waals surface area (Å²) in [6.45, 7) is 0.363. The number of tetrazole rings is 1. The van der Waals surface area contributed by atoms with Crippen molar-refractivity contribution in [2.75, 3.05) is 0 Å². The molecular formula is C14H12BrN5O. The van der Waals surface area contributed by atoms with E-state index in [0.717, 1.165) is 15.7 Å². The topological polar surface area (TPSA) is 78.8 Å². The summed E-state index contributed by atoms with van der Waals surface area (Å²) in [7, 11) is 0. The fourth-order valence-corrected chi connectivity index (χ4v) is 2.29. The van der Waals surface area contributed by atoms with Crippen LogP contribution in [-0.2, 0) is 6.54 Å². The third kappa shape index (κ3) is 2.93. The lowest BCUT2D eigenvalue weighted by Gasteiger charge is -2.09. The van der Waals surface area contributed by atoms with E-state index in [4.69, 9.17) is 10.5 Å². The first-order valence-electron chi connectivity index (χ1n) is 6.28. The van der Waals surface area contributed by atoms with Gasteiger partial charge in [0, 0.05) is 16.6 Å². The lowest BCUT2D eigenvalue weighted by atomic mass is 10.2. The molecule has 21 heavy (non-hydrogen) atoms. The number of nitrogens with two attached hydrogens (primary N) is 1. The Bertz CT molecular complexity index is 744. The number of halogens is 1. The van der Waals surface area contributed by atoms with Gasteiger partial charge in [-0.2, -0.15) is 4.68 Å². The van der Waals surface area contributed by atoms with Crippen molar-refractivity contribution in [2.24, 2.45) is 5.73 Å². The first-order valence-corrected chi connectivity index (χ1v) is 7.07. The molecule has 0 amide bonds. The number of hydrogen-bond acceptors (Lipinski definition) is 5. The first-order chi connectivity index (χ1) is 10.3. The Labute approximate surface area is 129 Å². The molecule has 0 aliphatic rings. The van der Waals surface area contributed by atoms with Crippen LogP contribution in [0.25, 0.3) is 5.69 Å². The van der Waals surface area contributed by atoms with Crippen molar-refractivity contribution in [1.82, 2.24) is 20.2 Å². The van der Waals surface area contributed by atoms with E-state index in [1.165, 1.54) is 4.68 Å². The van der Waals surface area contributed by atoms with Crippen LogP contribution in [0, 0.1) is 0 Å². The highest BCUT2D eigenvalue weighted by molar-refractivity contribution is 9.10. The molecule has 0 spiro atoms. The third-order valence-electron chi connectivity index (χ3n) is 2.89. The quantitative estimate of drug-likeness (QED) is 0.786. The molecule has 0 saturated heterocycles. The van der Waals surface area contributed by atoms with Gasteiger partial charge in [-0.05, 0) is 40.8 Å². The van der Waals surface area contributed by atoms with Gasteiger partial charge in [0.25, 0.3) is 0 Å². The maximum atomic E-state index is 5.81. The number of para-hydroxylation sites is 1. The average molecular weight is 346 g/mol. The SMILES string of the molecule is NCc1cc(Br)ccc1Oc1nnnn1-c1ccccc1. The second kappa shape index (κ2) is 6.02. The van der Waals surface area contributed by atoms with Crippen molar-refractivity contribution < 1.29 is 4.74 Å². The van der Waals surface area contributed by atoms with Crippen LogP contribution in [0.1, 0.15) is 5.56 Å². The summed E-state index contributed by atoms with van der Waals surface area (Å²) < 4.78 is 8.28. The molecular weight excluding hydrogens is 334 g/mol. The molecule has 3 aromatic rings. The van der Waals surface area contributed by atoms with Crippen LogP contribution in [0.4, 0.5) is 0 Å². The second-order valence-electron chi connectivity index (χ2n) is 4.27. The lowest BCUT2D eigenvalue weighted by Crippen LogP contribution is -2.03. The average Bonchev–Trinajstić information content (AvgIpc) is 2.98. The molecule has 1 heterocycles. The van der Waals surface area contributed by atoms with Gasteiger partial charge in [0.05, 0.1) is 5.69 Å². The molecule has 0 radical (unpaired) electrons. The van der Waals surface area contributed by atoms with Gasteiger partial charge in [0.2, 0.25) is 0 Å². The summed E-state index contributed by atoms with van der Waals surface area (Å²) in [5, 5.41) is 11.5. The second-order valence-corrected chi connectivity index (χ2v) is 5.18. The van der Waals surface area contributed by atoms with Crippen LogP contribution in [0.2, 0.25) is 0 Å². The number of aromatic nitrogens is 4. The largest absolute Gasteiger partial charge is 0.423 e. The molecule has 0 fully saturated rings. The van der Waals surface area contributed by atoms with E-state index in [-0.39, 0.29) is 0 Å². The predicted molar refractivity (Wildman–Crippen MR) is 81.3 cm³/mol. The Kier molecular flexibility index (Phi) is 3.94. The summed E-state index contributed by atoms with van der Waals surface area (Å²) in [4.78, 5) is 0. The van der Waals surface area contributed by atoms with Crippen LogP contribution in [-0.4, -0.2) is 20.2 Å². The van der Waals surface area contributed by atoms with Gasteiger partial charge < -0.3 is 10.5 Å². The van der Waals surface area contributed by atoms with Crippen molar-refractivity contribution in [3.8, 4) is 17.4 Å². The summed E-state index contributed by atoms with van der Waals surface area (Å²) >= 11 is 3.41. The van der Waals surface area contributed by atoms with Gasteiger partial charge in [0.1, 0.15) is 5.75 Å². The monoisotopic (exact) mass is 345 g/mol. The third-order valence-corrected chi connectivity index (χ3v) is 3.38. The fourth-order valence-electron chi connectivity index (χ4n) is 1.88. The molecule has 0 bridgehead atoms. The number of hydrogen-bond donors (Lipinski definition) is 1. The van der Waals surface area contributed by atoms with Crippen LogP contribution < -0.4 is 10.5 Å². The van der Waals surface area contributed by atoms with Crippen LogP contribution in [0.5, 0.6) is 11.8 Å². The van der Waals surface area contributed by atoms with E-state index < -0.39 is 0 Å². The van der Waals surface area contributed by atoms with Crippen LogP contribution in [0.3, 0.4) is 0 Å². The summed E-state index contributed by atoms with van der Waals surface area (Å²) in [6, 6.07) is 15.4. The Morgan fingerprint density at radius 1 is 1.14 bits per heavy atom. The Morgan fingerprint density at radius 3 is 2.71 bits per heavy atom. The van der Waals surface area contributed by atoms with E-state index in [1.807, 2.05) is 48.5 Å². The van der Waals surface area contributed by atoms with Crippen molar-refractivity contribution >= 4 is 15.9 Å². The van der Waals surface area contributed by atoms with E-state index >= 15 is 0 Å². The van der Waals surface area contributed by atoms with E-state index in [9.17, 15) is 0 Å². The molecule has 0 saturated carbocycles. The molecule has 2 aromatic carbocycles. The number of ether oxygens (including phenoxy) is 1. The Hall–Kier alpha value is -2.25.